The normalized spacial score (nSPS) is 10.5. The number of nitrogens with zero attached hydrogens (tertiary/aromatic N) is 2. The van der Waals surface area contributed by atoms with Gasteiger partial charge in [-0.3, -0.25) is 4.68 Å². The number of aromatic nitrogens is 2. The van der Waals surface area contributed by atoms with Crippen LogP contribution in [0.15, 0.2) is 18.3 Å². The highest BCUT2D eigenvalue weighted by Crippen LogP contribution is 2.42. The average Bonchev–Trinajstić information content (AvgIpc) is 2.86. The van der Waals surface area contributed by atoms with Crippen molar-refractivity contribution >= 4 is 5.69 Å². The van der Waals surface area contributed by atoms with Crippen LogP contribution in [-0.4, -0.2) is 42.8 Å². The van der Waals surface area contributed by atoms with Crippen LogP contribution in [0.2, 0.25) is 0 Å². The van der Waals surface area contributed by atoms with Crippen molar-refractivity contribution in [2.24, 2.45) is 0 Å². The summed E-state index contributed by atoms with van der Waals surface area (Å²) in [6, 6.07) is 3.59. The van der Waals surface area contributed by atoms with Crippen LogP contribution >= 0.6 is 0 Å². The van der Waals surface area contributed by atoms with Crippen LogP contribution in [0.5, 0.6) is 17.2 Å². The molecule has 0 radical (unpaired) electrons. The number of ether oxygens (including phenoxy) is 3. The number of aliphatic hydroxyl groups is 1. The summed E-state index contributed by atoms with van der Waals surface area (Å²) in [5.74, 6) is 1.57. The monoisotopic (exact) mass is 293 g/mol. The predicted octanol–water partition coefficient (Wildman–Crippen LogP) is 1.15. The summed E-state index contributed by atoms with van der Waals surface area (Å²) in [5, 5.41) is 13.3. The van der Waals surface area contributed by atoms with Gasteiger partial charge in [0.15, 0.2) is 11.5 Å². The maximum Gasteiger partial charge on any atom is 0.203 e. The van der Waals surface area contributed by atoms with Gasteiger partial charge in [0.05, 0.1) is 52.1 Å². The van der Waals surface area contributed by atoms with Crippen LogP contribution < -0.4 is 19.9 Å². The van der Waals surface area contributed by atoms with Gasteiger partial charge in [-0.05, 0) is 12.1 Å². The van der Waals surface area contributed by atoms with Gasteiger partial charge < -0.3 is 25.1 Å². The second kappa shape index (κ2) is 6.36. The smallest absolute Gasteiger partial charge is 0.203 e. The zero-order valence-electron chi connectivity index (χ0n) is 12.3. The number of hydrogen-bond donors (Lipinski definition) is 2. The summed E-state index contributed by atoms with van der Waals surface area (Å²) in [6.07, 6.45) is 1.55. The lowest BCUT2D eigenvalue weighted by Crippen LogP contribution is -2.06. The first-order valence-electron chi connectivity index (χ1n) is 6.38. The van der Waals surface area contributed by atoms with Crippen LogP contribution in [0.3, 0.4) is 0 Å². The van der Waals surface area contributed by atoms with Crippen molar-refractivity contribution in [3.8, 4) is 28.5 Å². The van der Waals surface area contributed by atoms with Crippen LogP contribution in [0, 0.1) is 0 Å². The molecule has 0 amide bonds. The number of nitrogen functional groups attached to an aromatic ring is 1. The molecule has 2 aromatic rings. The number of benzene rings is 1. The highest BCUT2D eigenvalue weighted by atomic mass is 16.5. The molecule has 0 aliphatic carbocycles. The number of hydrogen-bond acceptors (Lipinski definition) is 6. The minimum atomic E-state index is -0.0292. The molecule has 114 valence electrons. The van der Waals surface area contributed by atoms with Crippen molar-refractivity contribution in [2.45, 2.75) is 6.54 Å². The van der Waals surface area contributed by atoms with Crippen molar-refractivity contribution in [1.82, 2.24) is 9.78 Å². The maximum absolute atomic E-state index is 9.11. The van der Waals surface area contributed by atoms with Gasteiger partial charge in [0.25, 0.3) is 0 Å². The van der Waals surface area contributed by atoms with E-state index in [1.54, 1.807) is 44.3 Å². The fourth-order valence-electron chi connectivity index (χ4n) is 2.20. The summed E-state index contributed by atoms with van der Waals surface area (Å²) in [6.45, 7) is 0.321. The van der Waals surface area contributed by atoms with E-state index in [0.717, 1.165) is 5.56 Å². The Labute approximate surface area is 122 Å². The molecule has 7 nitrogen and oxygen atoms in total. The van der Waals surface area contributed by atoms with E-state index in [0.29, 0.717) is 35.2 Å². The molecule has 2 rings (SSSR count). The molecule has 7 heteroatoms. The summed E-state index contributed by atoms with van der Waals surface area (Å²) < 4.78 is 17.6. The Hall–Kier alpha value is -2.41. The molecule has 0 fully saturated rings. The lowest BCUT2D eigenvalue weighted by atomic mass is 10.1. The van der Waals surface area contributed by atoms with Crippen molar-refractivity contribution in [3.05, 3.63) is 18.3 Å². The first kappa shape index (κ1) is 15.0. The van der Waals surface area contributed by atoms with E-state index >= 15 is 0 Å². The van der Waals surface area contributed by atoms with Crippen molar-refractivity contribution in [3.63, 3.8) is 0 Å². The fourth-order valence-corrected chi connectivity index (χ4v) is 2.20. The minimum Gasteiger partial charge on any atom is -0.493 e. The summed E-state index contributed by atoms with van der Waals surface area (Å²) in [7, 11) is 4.65. The van der Waals surface area contributed by atoms with Crippen molar-refractivity contribution < 1.29 is 19.3 Å². The van der Waals surface area contributed by atoms with Crippen molar-refractivity contribution in [2.75, 3.05) is 33.7 Å². The molecule has 0 saturated heterocycles. The molecule has 3 N–H and O–H groups in total. The summed E-state index contributed by atoms with van der Waals surface area (Å²) >= 11 is 0. The van der Waals surface area contributed by atoms with E-state index in [4.69, 9.17) is 25.1 Å². The second-order valence-electron chi connectivity index (χ2n) is 4.31. The Morgan fingerprint density at radius 2 is 1.76 bits per heavy atom. The molecule has 0 aliphatic rings. The Kier molecular flexibility index (Phi) is 4.54. The van der Waals surface area contributed by atoms with Crippen LogP contribution in [-0.2, 0) is 6.54 Å². The number of aliphatic hydroxyl groups excluding tert-OH is 1. The van der Waals surface area contributed by atoms with E-state index < -0.39 is 0 Å². The number of methoxy groups -OCH3 is 3. The Balaban J connectivity index is 2.62. The zero-order valence-corrected chi connectivity index (χ0v) is 12.3. The third-order valence-electron chi connectivity index (χ3n) is 3.12. The number of nitrogens with two attached hydrogens (primary N) is 1. The summed E-state index contributed by atoms with van der Waals surface area (Å²) in [5.41, 5.74) is 7.96. The Morgan fingerprint density at radius 3 is 2.24 bits per heavy atom. The molecular weight excluding hydrogens is 274 g/mol. The highest BCUT2D eigenvalue weighted by molar-refractivity contribution is 5.76. The van der Waals surface area contributed by atoms with Crippen molar-refractivity contribution in [1.29, 1.82) is 0 Å². The first-order chi connectivity index (χ1) is 10.2. The van der Waals surface area contributed by atoms with Gasteiger partial charge in [-0.15, -0.1) is 0 Å². The van der Waals surface area contributed by atoms with Crippen LogP contribution in [0.25, 0.3) is 11.3 Å². The van der Waals surface area contributed by atoms with E-state index in [1.807, 2.05) is 0 Å². The third-order valence-corrected chi connectivity index (χ3v) is 3.12. The SMILES string of the molecule is COc1cc(-c2c(N)cnn2CCO)cc(OC)c1OC. The number of anilines is 1. The quantitative estimate of drug-likeness (QED) is 0.830. The van der Waals surface area contributed by atoms with E-state index in [1.165, 1.54) is 0 Å². The Morgan fingerprint density at radius 1 is 1.14 bits per heavy atom. The molecule has 0 bridgehead atoms. The highest BCUT2D eigenvalue weighted by Gasteiger charge is 2.18. The molecule has 1 aromatic carbocycles. The van der Waals surface area contributed by atoms with E-state index in [-0.39, 0.29) is 6.61 Å². The maximum atomic E-state index is 9.11. The van der Waals surface area contributed by atoms with Crippen LogP contribution in [0.1, 0.15) is 0 Å². The molecule has 0 aliphatic heterocycles. The lowest BCUT2D eigenvalue weighted by molar-refractivity contribution is 0.270. The third kappa shape index (κ3) is 2.73. The van der Waals surface area contributed by atoms with Crippen LogP contribution in [0.4, 0.5) is 5.69 Å². The van der Waals surface area contributed by atoms with E-state index in [2.05, 4.69) is 5.10 Å². The topological polar surface area (TPSA) is 91.8 Å². The first-order valence-corrected chi connectivity index (χ1v) is 6.38. The average molecular weight is 293 g/mol. The van der Waals surface area contributed by atoms with E-state index in [9.17, 15) is 0 Å². The molecule has 0 unspecified atom stereocenters. The Bertz CT molecular complexity index is 600. The van der Waals surface area contributed by atoms with Gasteiger partial charge >= 0.3 is 0 Å². The van der Waals surface area contributed by atoms with Gasteiger partial charge in [-0.25, -0.2) is 0 Å². The molecule has 1 aromatic heterocycles. The molecule has 0 saturated carbocycles. The largest absolute Gasteiger partial charge is 0.493 e. The standard InChI is InChI=1S/C14H19N3O4/c1-19-11-6-9(7-12(20-2)14(11)21-3)13-10(15)8-16-17(13)4-5-18/h6-8,18H,4-5,15H2,1-3H3. The predicted molar refractivity (Wildman–Crippen MR) is 78.8 cm³/mol. The molecule has 21 heavy (non-hydrogen) atoms. The zero-order chi connectivity index (χ0) is 15.4. The van der Waals surface area contributed by atoms with Gasteiger partial charge in [0.1, 0.15) is 0 Å². The van der Waals surface area contributed by atoms with Gasteiger partial charge in [0, 0.05) is 5.56 Å². The number of rotatable bonds is 6. The lowest BCUT2D eigenvalue weighted by Gasteiger charge is -2.15. The second-order valence-corrected chi connectivity index (χ2v) is 4.31. The summed E-state index contributed by atoms with van der Waals surface area (Å²) in [4.78, 5) is 0. The van der Waals surface area contributed by atoms with Gasteiger partial charge in [0.2, 0.25) is 5.75 Å². The minimum absolute atomic E-state index is 0.0292. The molecular formula is C14H19N3O4. The molecule has 1 heterocycles. The fraction of sp³-hybridized carbons (Fsp3) is 0.357. The molecule has 0 spiro atoms. The molecule has 0 atom stereocenters. The van der Waals surface area contributed by atoms with Gasteiger partial charge in [-0.2, -0.15) is 5.10 Å². The van der Waals surface area contributed by atoms with Gasteiger partial charge in [-0.1, -0.05) is 0 Å².